The zero-order valence-corrected chi connectivity index (χ0v) is 17.2. The van der Waals surface area contributed by atoms with E-state index >= 15 is 0 Å². The molecule has 1 heterocycles. The molecule has 1 aliphatic rings. The van der Waals surface area contributed by atoms with Crippen molar-refractivity contribution in [3.8, 4) is 0 Å². The fraction of sp³-hybridized carbons (Fsp3) is 0.391. The maximum absolute atomic E-state index is 12.1. The van der Waals surface area contributed by atoms with Crippen LogP contribution in [0.15, 0.2) is 59.6 Å². The Labute approximate surface area is 173 Å². The monoisotopic (exact) mass is 394 g/mol. The van der Waals surface area contributed by atoms with E-state index in [1.165, 1.54) is 11.1 Å². The average Bonchev–Trinajstić information content (AvgIpc) is 2.77. The summed E-state index contributed by atoms with van der Waals surface area (Å²) in [5.74, 6) is 0.838. The summed E-state index contributed by atoms with van der Waals surface area (Å²) in [7, 11) is 1.80. The standard InChI is InChI=1S/C23H30N4O2/c1-18-9-6-7-12-20(18)21-17-27(15-16-29-21)23(24-2)26-14-8-13-25-22(28)19-10-4-3-5-11-19/h3-7,9-12,21H,8,13-17H2,1-2H3,(H,24,26)(H,25,28). The van der Waals surface area contributed by atoms with Gasteiger partial charge in [-0.3, -0.25) is 9.79 Å². The van der Waals surface area contributed by atoms with Crippen molar-refractivity contribution in [1.29, 1.82) is 0 Å². The van der Waals surface area contributed by atoms with Gasteiger partial charge in [0.25, 0.3) is 5.91 Å². The molecule has 3 rings (SSSR count). The predicted octanol–water partition coefficient (Wildman–Crippen LogP) is 2.76. The second kappa shape index (κ2) is 10.6. The van der Waals surface area contributed by atoms with E-state index in [1.807, 2.05) is 30.3 Å². The number of aliphatic imine (C=N–C) groups is 1. The highest BCUT2D eigenvalue weighted by Gasteiger charge is 2.24. The number of benzene rings is 2. The second-order valence-electron chi connectivity index (χ2n) is 7.11. The van der Waals surface area contributed by atoms with Crippen molar-refractivity contribution in [2.24, 2.45) is 4.99 Å². The molecular formula is C23H30N4O2. The molecule has 0 aliphatic carbocycles. The molecule has 1 unspecified atom stereocenters. The Kier molecular flexibility index (Phi) is 7.64. The number of nitrogens with zero attached hydrogens (tertiary/aromatic N) is 2. The predicted molar refractivity (Wildman–Crippen MR) is 116 cm³/mol. The van der Waals surface area contributed by atoms with Gasteiger partial charge in [0.15, 0.2) is 5.96 Å². The second-order valence-corrected chi connectivity index (χ2v) is 7.11. The number of guanidine groups is 1. The molecule has 154 valence electrons. The number of carbonyl (C=O) groups excluding carboxylic acids is 1. The van der Waals surface area contributed by atoms with Gasteiger partial charge in [-0.2, -0.15) is 0 Å². The van der Waals surface area contributed by atoms with E-state index in [-0.39, 0.29) is 12.0 Å². The minimum Gasteiger partial charge on any atom is -0.370 e. The van der Waals surface area contributed by atoms with Crippen LogP contribution in [-0.4, -0.2) is 56.6 Å². The quantitative estimate of drug-likeness (QED) is 0.449. The van der Waals surface area contributed by atoms with Gasteiger partial charge in [-0.15, -0.1) is 0 Å². The van der Waals surface area contributed by atoms with Crippen molar-refractivity contribution >= 4 is 11.9 Å². The van der Waals surface area contributed by atoms with E-state index in [2.05, 4.69) is 51.7 Å². The number of rotatable bonds is 6. The minimum atomic E-state index is -0.0377. The minimum absolute atomic E-state index is 0.0377. The molecule has 6 nitrogen and oxygen atoms in total. The van der Waals surface area contributed by atoms with Gasteiger partial charge in [0.1, 0.15) is 6.10 Å². The molecule has 2 aromatic carbocycles. The van der Waals surface area contributed by atoms with Crippen LogP contribution in [0.2, 0.25) is 0 Å². The van der Waals surface area contributed by atoms with Gasteiger partial charge in [0, 0.05) is 32.2 Å². The Bertz CT molecular complexity index is 823. The Morgan fingerprint density at radius 3 is 2.59 bits per heavy atom. The fourth-order valence-corrected chi connectivity index (χ4v) is 3.49. The first-order valence-electron chi connectivity index (χ1n) is 10.1. The van der Waals surface area contributed by atoms with Gasteiger partial charge in [0.05, 0.1) is 13.2 Å². The zero-order valence-electron chi connectivity index (χ0n) is 17.2. The Morgan fingerprint density at radius 1 is 1.10 bits per heavy atom. The van der Waals surface area contributed by atoms with E-state index in [0.29, 0.717) is 18.7 Å². The third-order valence-corrected chi connectivity index (χ3v) is 5.07. The Balaban J connectivity index is 1.44. The molecule has 1 amide bonds. The molecule has 1 saturated heterocycles. The highest BCUT2D eigenvalue weighted by molar-refractivity contribution is 5.94. The van der Waals surface area contributed by atoms with Gasteiger partial charge < -0.3 is 20.3 Å². The van der Waals surface area contributed by atoms with E-state index in [0.717, 1.165) is 32.0 Å². The molecule has 2 N–H and O–H groups in total. The number of hydrogen-bond donors (Lipinski definition) is 2. The van der Waals surface area contributed by atoms with Gasteiger partial charge in [-0.05, 0) is 36.6 Å². The number of aryl methyl sites for hydroxylation is 1. The highest BCUT2D eigenvalue weighted by atomic mass is 16.5. The van der Waals surface area contributed by atoms with Crippen LogP contribution in [0, 0.1) is 6.92 Å². The summed E-state index contributed by atoms with van der Waals surface area (Å²) >= 11 is 0. The molecule has 1 atom stereocenters. The van der Waals surface area contributed by atoms with Crippen LogP contribution < -0.4 is 10.6 Å². The maximum Gasteiger partial charge on any atom is 0.251 e. The lowest BCUT2D eigenvalue weighted by atomic mass is 10.0. The van der Waals surface area contributed by atoms with E-state index in [9.17, 15) is 4.79 Å². The summed E-state index contributed by atoms with van der Waals surface area (Å²) < 4.78 is 6.01. The van der Waals surface area contributed by atoms with Gasteiger partial charge in [-0.25, -0.2) is 0 Å². The topological polar surface area (TPSA) is 66.0 Å². The van der Waals surface area contributed by atoms with Gasteiger partial charge in [0.2, 0.25) is 0 Å². The van der Waals surface area contributed by atoms with Crippen molar-refractivity contribution in [2.45, 2.75) is 19.4 Å². The molecule has 6 heteroatoms. The number of hydrogen-bond acceptors (Lipinski definition) is 3. The third kappa shape index (κ3) is 5.81. The van der Waals surface area contributed by atoms with Crippen LogP contribution >= 0.6 is 0 Å². The number of carbonyl (C=O) groups is 1. The SMILES string of the molecule is CN=C(NCCCNC(=O)c1ccccc1)N1CCOC(c2ccccc2C)C1. The maximum atomic E-state index is 12.1. The summed E-state index contributed by atoms with van der Waals surface area (Å²) in [6.45, 7) is 5.74. The van der Waals surface area contributed by atoms with Crippen molar-refractivity contribution in [1.82, 2.24) is 15.5 Å². The van der Waals surface area contributed by atoms with Crippen molar-refractivity contribution < 1.29 is 9.53 Å². The average molecular weight is 395 g/mol. The van der Waals surface area contributed by atoms with Crippen LogP contribution in [0.5, 0.6) is 0 Å². The lowest BCUT2D eigenvalue weighted by Crippen LogP contribution is -2.48. The first-order valence-corrected chi connectivity index (χ1v) is 10.1. The largest absolute Gasteiger partial charge is 0.370 e. The molecule has 0 bridgehead atoms. The summed E-state index contributed by atoms with van der Waals surface area (Å²) in [5, 5.41) is 6.36. The molecule has 0 radical (unpaired) electrons. The molecule has 1 aliphatic heterocycles. The first-order chi connectivity index (χ1) is 14.2. The lowest BCUT2D eigenvalue weighted by molar-refractivity contribution is -0.00830. The van der Waals surface area contributed by atoms with Crippen LogP contribution in [0.4, 0.5) is 0 Å². The van der Waals surface area contributed by atoms with Crippen LogP contribution in [0.1, 0.15) is 34.0 Å². The third-order valence-electron chi connectivity index (χ3n) is 5.07. The fourth-order valence-electron chi connectivity index (χ4n) is 3.49. The summed E-state index contributed by atoms with van der Waals surface area (Å²) in [6, 6.07) is 17.6. The number of amides is 1. The summed E-state index contributed by atoms with van der Waals surface area (Å²) in [5.41, 5.74) is 3.17. The molecule has 0 spiro atoms. The molecule has 1 fully saturated rings. The van der Waals surface area contributed by atoms with E-state index in [4.69, 9.17) is 4.74 Å². The van der Waals surface area contributed by atoms with E-state index < -0.39 is 0 Å². The molecule has 2 aromatic rings. The number of nitrogens with one attached hydrogen (secondary N) is 2. The molecule has 0 saturated carbocycles. The normalized spacial score (nSPS) is 17.1. The van der Waals surface area contributed by atoms with Crippen LogP contribution in [0.25, 0.3) is 0 Å². The lowest BCUT2D eigenvalue weighted by Gasteiger charge is -2.35. The number of ether oxygens (including phenoxy) is 1. The molecular weight excluding hydrogens is 364 g/mol. The summed E-state index contributed by atoms with van der Waals surface area (Å²) in [6.07, 6.45) is 0.872. The molecule has 29 heavy (non-hydrogen) atoms. The van der Waals surface area contributed by atoms with Crippen LogP contribution in [-0.2, 0) is 4.74 Å². The van der Waals surface area contributed by atoms with Crippen molar-refractivity contribution in [3.05, 3.63) is 71.3 Å². The van der Waals surface area contributed by atoms with Gasteiger partial charge >= 0.3 is 0 Å². The smallest absolute Gasteiger partial charge is 0.251 e. The van der Waals surface area contributed by atoms with Gasteiger partial charge in [-0.1, -0.05) is 42.5 Å². The van der Waals surface area contributed by atoms with Crippen molar-refractivity contribution in [3.63, 3.8) is 0 Å². The zero-order chi connectivity index (χ0) is 20.5. The van der Waals surface area contributed by atoms with E-state index in [1.54, 1.807) is 7.05 Å². The number of morpholine rings is 1. The van der Waals surface area contributed by atoms with Crippen LogP contribution in [0.3, 0.4) is 0 Å². The molecule has 0 aromatic heterocycles. The highest BCUT2D eigenvalue weighted by Crippen LogP contribution is 2.24. The van der Waals surface area contributed by atoms with Crippen molar-refractivity contribution in [2.75, 3.05) is 39.8 Å². The summed E-state index contributed by atoms with van der Waals surface area (Å²) in [4.78, 5) is 18.7. The first kappa shape index (κ1) is 20.9. The Morgan fingerprint density at radius 2 is 1.83 bits per heavy atom. The Hall–Kier alpha value is -2.86.